The fraction of sp³-hybridized carbons (Fsp3) is 0.500. The predicted octanol–water partition coefficient (Wildman–Crippen LogP) is 1.08. The van der Waals surface area contributed by atoms with Crippen molar-refractivity contribution in [3.63, 3.8) is 0 Å². The summed E-state index contributed by atoms with van der Waals surface area (Å²) in [5.41, 5.74) is 0. The molecule has 2 aromatic rings. The quantitative estimate of drug-likeness (QED) is 0.825. The molecule has 2 aliphatic rings. The van der Waals surface area contributed by atoms with Crippen LogP contribution in [0.15, 0.2) is 35.2 Å². The van der Waals surface area contributed by atoms with Gasteiger partial charge in [-0.1, -0.05) is 18.2 Å². The molecule has 0 spiro atoms. The second-order valence-electron chi connectivity index (χ2n) is 6.95. The van der Waals surface area contributed by atoms with Crippen molar-refractivity contribution < 1.29 is 13.2 Å². The van der Waals surface area contributed by atoms with Crippen LogP contribution >= 0.6 is 0 Å². The van der Waals surface area contributed by atoms with Gasteiger partial charge in [0.1, 0.15) is 11.9 Å². The van der Waals surface area contributed by atoms with Gasteiger partial charge in [0.15, 0.2) is 5.82 Å². The molecule has 2 aliphatic heterocycles. The van der Waals surface area contributed by atoms with Gasteiger partial charge in [0.2, 0.25) is 15.9 Å². The van der Waals surface area contributed by atoms with Crippen LogP contribution in [0.5, 0.6) is 0 Å². The lowest BCUT2D eigenvalue weighted by molar-refractivity contribution is -0.124. The monoisotopic (exact) mass is 389 g/mol. The Kier molecular flexibility index (Phi) is 4.96. The van der Waals surface area contributed by atoms with Crippen molar-refractivity contribution in [3.05, 3.63) is 42.0 Å². The van der Waals surface area contributed by atoms with Crippen molar-refractivity contribution in [3.8, 4) is 0 Å². The summed E-state index contributed by atoms with van der Waals surface area (Å²) in [6, 6.07) is 7.58. The van der Waals surface area contributed by atoms with Gasteiger partial charge < -0.3 is 9.88 Å². The molecular formula is C18H23N5O3S. The third kappa shape index (κ3) is 3.49. The van der Waals surface area contributed by atoms with E-state index in [1.54, 1.807) is 30.3 Å². The second-order valence-corrected chi connectivity index (χ2v) is 8.84. The van der Waals surface area contributed by atoms with Crippen molar-refractivity contribution in [2.45, 2.75) is 56.1 Å². The highest BCUT2D eigenvalue weighted by atomic mass is 32.2. The zero-order valence-electron chi connectivity index (χ0n) is 15.0. The first-order valence-corrected chi connectivity index (χ1v) is 10.8. The fourth-order valence-electron chi connectivity index (χ4n) is 3.80. The molecule has 0 saturated carbocycles. The van der Waals surface area contributed by atoms with Crippen LogP contribution in [0.3, 0.4) is 0 Å². The normalized spacial score (nSPS) is 20.4. The van der Waals surface area contributed by atoms with E-state index in [9.17, 15) is 13.2 Å². The van der Waals surface area contributed by atoms with E-state index in [4.69, 9.17) is 0 Å². The highest BCUT2D eigenvalue weighted by molar-refractivity contribution is 7.89. The van der Waals surface area contributed by atoms with Crippen LogP contribution in [-0.4, -0.2) is 46.0 Å². The first-order valence-electron chi connectivity index (χ1n) is 9.33. The zero-order chi connectivity index (χ0) is 18.9. The van der Waals surface area contributed by atoms with Gasteiger partial charge >= 0.3 is 0 Å². The molecular weight excluding hydrogens is 366 g/mol. The summed E-state index contributed by atoms with van der Waals surface area (Å²) in [5.74, 6) is 1.41. The number of hydrogen-bond acceptors (Lipinski definition) is 5. The number of aromatic nitrogens is 3. The number of sulfonamides is 1. The van der Waals surface area contributed by atoms with Gasteiger partial charge in [-0.2, -0.15) is 4.31 Å². The number of fused-ring (bicyclic) bond motifs is 1. The molecule has 4 rings (SSSR count). The van der Waals surface area contributed by atoms with E-state index in [1.807, 2.05) is 0 Å². The number of nitrogens with one attached hydrogen (secondary N) is 1. The van der Waals surface area contributed by atoms with Crippen LogP contribution < -0.4 is 5.32 Å². The average molecular weight is 389 g/mol. The standard InChI is InChI=1S/C18H23N5O3S/c24-18(19-13-17-21-20-16-10-4-5-11-22(16)17)15-9-6-12-23(15)27(25,26)14-7-2-1-3-8-14/h1-3,7-8,15H,4-6,9-13H2,(H,19,24)/t15-/m1/s1. The van der Waals surface area contributed by atoms with Gasteiger partial charge in [-0.3, -0.25) is 4.79 Å². The third-order valence-electron chi connectivity index (χ3n) is 5.21. The maximum Gasteiger partial charge on any atom is 0.243 e. The molecule has 8 nitrogen and oxygen atoms in total. The van der Waals surface area contributed by atoms with E-state index in [1.165, 1.54) is 4.31 Å². The minimum atomic E-state index is -3.68. The van der Waals surface area contributed by atoms with Crippen molar-refractivity contribution in [1.29, 1.82) is 0 Å². The Bertz CT molecular complexity index is 926. The van der Waals surface area contributed by atoms with Crippen LogP contribution in [0.1, 0.15) is 37.3 Å². The molecule has 1 saturated heterocycles. The highest BCUT2D eigenvalue weighted by Crippen LogP contribution is 2.26. The molecule has 9 heteroatoms. The molecule has 1 aromatic heterocycles. The molecule has 1 N–H and O–H groups in total. The Hall–Kier alpha value is -2.26. The Balaban J connectivity index is 1.46. The van der Waals surface area contributed by atoms with E-state index in [-0.39, 0.29) is 17.3 Å². The lowest BCUT2D eigenvalue weighted by Gasteiger charge is -2.23. The van der Waals surface area contributed by atoms with E-state index < -0.39 is 16.1 Å². The first kappa shape index (κ1) is 18.1. The second kappa shape index (κ2) is 7.40. The summed E-state index contributed by atoms with van der Waals surface area (Å²) in [4.78, 5) is 12.9. The Labute approximate surface area is 158 Å². The first-order chi connectivity index (χ1) is 13.1. The zero-order valence-corrected chi connectivity index (χ0v) is 15.9. The molecule has 0 radical (unpaired) electrons. The Morgan fingerprint density at radius 2 is 1.93 bits per heavy atom. The summed E-state index contributed by atoms with van der Waals surface area (Å²) in [7, 11) is -3.68. The molecule has 0 unspecified atom stereocenters. The number of rotatable bonds is 5. The van der Waals surface area contributed by atoms with Crippen LogP contribution in [0.2, 0.25) is 0 Å². The van der Waals surface area contributed by atoms with Gasteiger partial charge in [-0.25, -0.2) is 8.42 Å². The minimum absolute atomic E-state index is 0.219. The van der Waals surface area contributed by atoms with Crippen LogP contribution in [0.25, 0.3) is 0 Å². The van der Waals surface area contributed by atoms with E-state index in [0.29, 0.717) is 19.4 Å². The summed E-state index contributed by atoms with van der Waals surface area (Å²) in [5, 5.41) is 11.2. The lowest BCUT2D eigenvalue weighted by Crippen LogP contribution is -2.45. The van der Waals surface area contributed by atoms with Gasteiger partial charge in [0.05, 0.1) is 11.4 Å². The van der Waals surface area contributed by atoms with E-state index in [0.717, 1.165) is 37.5 Å². The minimum Gasteiger partial charge on any atom is -0.347 e. The van der Waals surface area contributed by atoms with Crippen molar-refractivity contribution >= 4 is 15.9 Å². The number of hydrogen-bond donors (Lipinski definition) is 1. The maximum absolute atomic E-state index is 12.9. The van der Waals surface area contributed by atoms with Crippen LogP contribution in [0.4, 0.5) is 0 Å². The summed E-state index contributed by atoms with van der Waals surface area (Å²) < 4.78 is 29.2. The number of nitrogens with zero attached hydrogens (tertiary/aromatic N) is 4. The lowest BCUT2D eigenvalue weighted by atomic mass is 10.1. The molecule has 0 aliphatic carbocycles. The molecule has 1 fully saturated rings. The van der Waals surface area contributed by atoms with Gasteiger partial charge in [0, 0.05) is 19.5 Å². The van der Waals surface area contributed by atoms with Crippen LogP contribution in [0, 0.1) is 0 Å². The number of amides is 1. The largest absolute Gasteiger partial charge is 0.347 e. The SMILES string of the molecule is O=C(NCc1nnc2n1CCCC2)[C@H]1CCCN1S(=O)(=O)c1ccccc1. The maximum atomic E-state index is 12.9. The molecule has 0 bridgehead atoms. The molecule has 1 atom stereocenters. The number of carbonyl (C=O) groups is 1. The topological polar surface area (TPSA) is 97.2 Å². The smallest absolute Gasteiger partial charge is 0.243 e. The highest BCUT2D eigenvalue weighted by Gasteiger charge is 2.39. The van der Waals surface area contributed by atoms with Crippen molar-refractivity contribution in [1.82, 2.24) is 24.4 Å². The van der Waals surface area contributed by atoms with Crippen LogP contribution in [-0.2, 0) is 34.3 Å². The number of benzene rings is 1. The Morgan fingerprint density at radius 1 is 1.11 bits per heavy atom. The number of aryl methyl sites for hydroxylation is 1. The Morgan fingerprint density at radius 3 is 2.74 bits per heavy atom. The molecule has 1 aromatic carbocycles. The average Bonchev–Trinajstić information content (AvgIpc) is 3.34. The molecule has 3 heterocycles. The number of carbonyl (C=O) groups excluding carboxylic acids is 1. The van der Waals surface area contributed by atoms with E-state index in [2.05, 4.69) is 20.1 Å². The third-order valence-corrected chi connectivity index (χ3v) is 7.14. The summed E-state index contributed by atoms with van der Waals surface area (Å²) >= 11 is 0. The van der Waals surface area contributed by atoms with Gasteiger partial charge in [0.25, 0.3) is 0 Å². The molecule has 1 amide bonds. The van der Waals surface area contributed by atoms with Crippen molar-refractivity contribution in [2.24, 2.45) is 0 Å². The summed E-state index contributed by atoms with van der Waals surface area (Å²) in [6.45, 7) is 1.49. The van der Waals surface area contributed by atoms with Crippen molar-refractivity contribution in [2.75, 3.05) is 6.54 Å². The van der Waals surface area contributed by atoms with Gasteiger partial charge in [-0.15, -0.1) is 10.2 Å². The van der Waals surface area contributed by atoms with Gasteiger partial charge in [-0.05, 0) is 37.8 Å². The molecule has 27 heavy (non-hydrogen) atoms. The van der Waals surface area contributed by atoms with E-state index >= 15 is 0 Å². The molecule has 144 valence electrons. The summed E-state index contributed by atoms with van der Waals surface area (Å²) in [6.07, 6.45) is 4.30. The predicted molar refractivity (Wildman–Crippen MR) is 98.2 cm³/mol. The fourth-order valence-corrected chi connectivity index (χ4v) is 5.48.